The first-order valence-corrected chi connectivity index (χ1v) is 10.8. The molecule has 1 aliphatic heterocycles. The summed E-state index contributed by atoms with van der Waals surface area (Å²) < 4.78 is 17.3. The van der Waals surface area contributed by atoms with E-state index in [0.717, 1.165) is 5.56 Å². The summed E-state index contributed by atoms with van der Waals surface area (Å²) in [6, 6.07) is 16.4. The number of para-hydroxylation sites is 3. The number of anilines is 1. The maximum Gasteiger partial charge on any atom is 0.281 e. The lowest BCUT2D eigenvalue weighted by Gasteiger charge is -2.17. The monoisotopic (exact) mass is 468 g/mol. The van der Waals surface area contributed by atoms with Gasteiger partial charge in [-0.25, -0.2) is 4.90 Å². The molecule has 1 amide bonds. The van der Waals surface area contributed by atoms with Crippen molar-refractivity contribution in [2.24, 2.45) is 0 Å². The van der Waals surface area contributed by atoms with Crippen molar-refractivity contribution in [1.29, 1.82) is 0 Å². The van der Waals surface area contributed by atoms with Crippen molar-refractivity contribution in [3.05, 3.63) is 82.4 Å². The zero-order valence-corrected chi connectivity index (χ0v) is 19.1. The number of benzene rings is 2. The molecule has 164 valence electrons. The van der Waals surface area contributed by atoms with Crippen molar-refractivity contribution < 1.29 is 18.7 Å². The van der Waals surface area contributed by atoms with Gasteiger partial charge in [-0.2, -0.15) is 0 Å². The minimum atomic E-state index is -0.289. The minimum absolute atomic E-state index is 0.210. The van der Waals surface area contributed by atoms with E-state index in [9.17, 15) is 4.79 Å². The van der Waals surface area contributed by atoms with Gasteiger partial charge in [0.05, 0.1) is 17.3 Å². The number of thiocarbonyl (C=S) groups is 1. The zero-order chi connectivity index (χ0) is 22.7. The van der Waals surface area contributed by atoms with Gasteiger partial charge in [0.1, 0.15) is 35.3 Å². The Kier molecular flexibility index (Phi) is 6.48. The highest BCUT2D eigenvalue weighted by Gasteiger charge is 2.34. The lowest BCUT2D eigenvalue weighted by atomic mass is 10.2. The van der Waals surface area contributed by atoms with Crippen LogP contribution in [0.15, 0.2) is 64.7 Å². The van der Waals surface area contributed by atoms with E-state index in [2.05, 4.69) is 5.32 Å². The second kappa shape index (κ2) is 9.46. The molecule has 4 rings (SSSR count). The molecule has 1 N–H and O–H groups in total. The van der Waals surface area contributed by atoms with Gasteiger partial charge in [-0.15, -0.1) is 0 Å². The summed E-state index contributed by atoms with van der Waals surface area (Å²) in [5, 5.41) is 3.77. The molecule has 1 aliphatic rings. The third-order valence-electron chi connectivity index (χ3n) is 4.78. The summed E-state index contributed by atoms with van der Waals surface area (Å²) >= 11 is 11.6. The molecule has 8 heteroatoms. The first-order valence-electron chi connectivity index (χ1n) is 10.0. The zero-order valence-electron chi connectivity index (χ0n) is 17.6. The maximum absolute atomic E-state index is 13.0. The number of rotatable bonds is 7. The molecule has 32 heavy (non-hydrogen) atoms. The molecule has 2 heterocycles. The standard InChI is InChI=1S/C24H21ClN2O4S/c1-3-29-21-10-5-4-9-20(21)27-23(28)19(26-24(27)32)13-16-11-12-17(31-16)14-30-22-15(2)7-6-8-18(22)25/h4-13H,3,14H2,1-2H3,(H,26,32)/b19-13+. The van der Waals surface area contributed by atoms with Crippen molar-refractivity contribution in [2.45, 2.75) is 20.5 Å². The average Bonchev–Trinajstić information content (AvgIpc) is 3.32. The predicted molar refractivity (Wildman–Crippen MR) is 128 cm³/mol. The van der Waals surface area contributed by atoms with Crippen LogP contribution in [0.2, 0.25) is 5.02 Å². The van der Waals surface area contributed by atoms with E-state index >= 15 is 0 Å². The van der Waals surface area contributed by atoms with Gasteiger partial charge in [-0.05, 0) is 62.0 Å². The molecule has 0 spiro atoms. The molecule has 0 radical (unpaired) electrons. The molecule has 0 atom stereocenters. The highest BCUT2D eigenvalue weighted by Crippen LogP contribution is 2.32. The second-order valence-corrected chi connectivity index (χ2v) is 7.80. The van der Waals surface area contributed by atoms with Crippen molar-refractivity contribution in [3.63, 3.8) is 0 Å². The Labute approximate surface area is 196 Å². The van der Waals surface area contributed by atoms with Gasteiger partial charge in [-0.1, -0.05) is 35.9 Å². The van der Waals surface area contributed by atoms with Crippen LogP contribution in [0.4, 0.5) is 5.69 Å². The van der Waals surface area contributed by atoms with Gasteiger partial charge in [0, 0.05) is 6.08 Å². The van der Waals surface area contributed by atoms with E-state index in [-0.39, 0.29) is 17.6 Å². The summed E-state index contributed by atoms with van der Waals surface area (Å²) in [5.74, 6) is 2.01. The third kappa shape index (κ3) is 4.49. The fourth-order valence-corrected chi connectivity index (χ4v) is 3.88. The maximum atomic E-state index is 13.0. The number of furan rings is 1. The number of carbonyl (C=O) groups is 1. The third-order valence-corrected chi connectivity index (χ3v) is 5.36. The first-order chi connectivity index (χ1) is 15.5. The number of ether oxygens (including phenoxy) is 2. The van der Waals surface area contributed by atoms with Crippen LogP contribution in [-0.4, -0.2) is 17.6 Å². The number of nitrogens with zero attached hydrogens (tertiary/aromatic N) is 1. The van der Waals surface area contributed by atoms with Gasteiger partial charge in [-0.3, -0.25) is 4.79 Å². The number of hydrogen-bond acceptors (Lipinski definition) is 5. The van der Waals surface area contributed by atoms with Gasteiger partial charge < -0.3 is 19.2 Å². The Morgan fingerprint density at radius 3 is 2.72 bits per heavy atom. The van der Waals surface area contributed by atoms with Crippen molar-refractivity contribution in [1.82, 2.24) is 5.32 Å². The highest BCUT2D eigenvalue weighted by molar-refractivity contribution is 7.80. The molecule has 0 unspecified atom stereocenters. The van der Waals surface area contributed by atoms with Crippen molar-refractivity contribution >= 4 is 46.6 Å². The van der Waals surface area contributed by atoms with E-state index in [1.54, 1.807) is 36.4 Å². The molecule has 1 saturated heterocycles. The molecule has 0 aliphatic carbocycles. The Hall–Kier alpha value is -3.29. The van der Waals surface area contributed by atoms with Crippen molar-refractivity contribution in [3.8, 4) is 11.5 Å². The quantitative estimate of drug-likeness (QED) is 0.366. The van der Waals surface area contributed by atoms with E-state index < -0.39 is 0 Å². The molecule has 2 aromatic carbocycles. The van der Waals surface area contributed by atoms with E-state index in [4.69, 9.17) is 37.7 Å². The van der Waals surface area contributed by atoms with Gasteiger partial charge in [0.2, 0.25) is 0 Å². The molecule has 0 bridgehead atoms. The summed E-state index contributed by atoms with van der Waals surface area (Å²) in [7, 11) is 0. The largest absolute Gasteiger partial charge is 0.492 e. The summed E-state index contributed by atoms with van der Waals surface area (Å²) in [4.78, 5) is 14.5. The van der Waals surface area contributed by atoms with Gasteiger partial charge in [0.15, 0.2) is 5.11 Å². The first kappa shape index (κ1) is 21.9. The van der Waals surface area contributed by atoms with E-state index in [1.807, 2.05) is 38.1 Å². The number of hydrogen-bond donors (Lipinski definition) is 1. The summed E-state index contributed by atoms with van der Waals surface area (Å²) in [6.07, 6.45) is 1.61. The van der Waals surface area contributed by atoms with Gasteiger partial charge in [0.25, 0.3) is 5.91 Å². The molecule has 0 saturated carbocycles. The van der Waals surface area contributed by atoms with Crippen LogP contribution in [0.25, 0.3) is 6.08 Å². The molecular formula is C24H21ClN2O4S. The summed E-state index contributed by atoms with van der Waals surface area (Å²) in [6.45, 7) is 4.50. The Bertz CT molecular complexity index is 1180. The number of amides is 1. The number of carbonyl (C=O) groups excluding carboxylic acids is 1. The van der Waals surface area contributed by atoms with Gasteiger partial charge >= 0.3 is 0 Å². The lowest BCUT2D eigenvalue weighted by Crippen LogP contribution is -2.30. The minimum Gasteiger partial charge on any atom is -0.492 e. The van der Waals surface area contributed by atoms with Crippen LogP contribution in [0.1, 0.15) is 24.0 Å². The van der Waals surface area contributed by atoms with Crippen LogP contribution in [0, 0.1) is 6.92 Å². The average molecular weight is 469 g/mol. The Balaban J connectivity index is 1.50. The lowest BCUT2D eigenvalue weighted by molar-refractivity contribution is -0.113. The van der Waals surface area contributed by atoms with Crippen LogP contribution in [-0.2, 0) is 11.4 Å². The molecule has 1 fully saturated rings. The normalized spacial score (nSPS) is 14.7. The van der Waals surface area contributed by atoms with Crippen LogP contribution in [0.3, 0.4) is 0 Å². The number of halogens is 1. The molecule has 3 aromatic rings. The van der Waals surface area contributed by atoms with Crippen LogP contribution in [0.5, 0.6) is 11.5 Å². The fraction of sp³-hybridized carbons (Fsp3) is 0.167. The van der Waals surface area contributed by atoms with Crippen LogP contribution >= 0.6 is 23.8 Å². The Morgan fingerprint density at radius 1 is 1.12 bits per heavy atom. The molecular weight excluding hydrogens is 448 g/mol. The Morgan fingerprint density at radius 2 is 1.94 bits per heavy atom. The van der Waals surface area contributed by atoms with E-state index in [1.165, 1.54) is 4.90 Å². The molecule has 1 aromatic heterocycles. The highest BCUT2D eigenvalue weighted by atomic mass is 35.5. The smallest absolute Gasteiger partial charge is 0.281 e. The summed E-state index contributed by atoms with van der Waals surface area (Å²) in [5.41, 5.74) is 1.84. The topological polar surface area (TPSA) is 63.9 Å². The number of nitrogens with one attached hydrogen (secondary N) is 1. The van der Waals surface area contributed by atoms with Crippen molar-refractivity contribution in [2.75, 3.05) is 11.5 Å². The second-order valence-electron chi connectivity index (χ2n) is 7.01. The van der Waals surface area contributed by atoms with Crippen LogP contribution < -0.4 is 19.7 Å². The SMILES string of the molecule is CCOc1ccccc1N1C(=O)/C(=C\c2ccc(COc3c(C)cccc3Cl)o2)NC1=S. The fourth-order valence-electron chi connectivity index (χ4n) is 3.31. The molecule has 6 nitrogen and oxygen atoms in total. The predicted octanol–water partition coefficient (Wildman–Crippen LogP) is 5.48. The van der Waals surface area contributed by atoms with E-state index in [0.29, 0.717) is 46.0 Å². The number of aryl methyl sites for hydroxylation is 1.